The predicted octanol–water partition coefficient (Wildman–Crippen LogP) is 2.83. The number of rotatable bonds is 4. The minimum atomic E-state index is 0.600. The summed E-state index contributed by atoms with van der Waals surface area (Å²) in [6.07, 6.45) is 9.44. The van der Waals surface area contributed by atoms with Crippen molar-refractivity contribution in [2.24, 2.45) is 5.92 Å². The second-order valence-electron chi connectivity index (χ2n) is 5.53. The molecule has 86 valence electrons. The van der Waals surface area contributed by atoms with Crippen LogP contribution in [-0.2, 0) is 12.8 Å². The van der Waals surface area contributed by atoms with Crippen LogP contribution in [0.2, 0.25) is 0 Å². The molecule has 0 aromatic carbocycles. The first kappa shape index (κ1) is 9.60. The average Bonchev–Trinajstić information content (AvgIpc) is 3.14. The lowest BCUT2D eigenvalue weighted by atomic mass is 10.2. The molecule has 3 heteroatoms. The van der Waals surface area contributed by atoms with E-state index in [1.54, 1.807) is 4.88 Å². The van der Waals surface area contributed by atoms with Crippen LogP contribution in [0.5, 0.6) is 0 Å². The predicted molar refractivity (Wildman–Crippen MR) is 65.8 cm³/mol. The molecule has 2 fully saturated rings. The standard InChI is InChI=1S/C13H18N2S/c1-2-10-11(3-1)16-13(15-10)12(8-4-5-8)14-9-6-7-9/h8-9,12,14H,1-7H2. The summed E-state index contributed by atoms with van der Waals surface area (Å²) in [7, 11) is 0. The van der Waals surface area contributed by atoms with Crippen LogP contribution >= 0.6 is 11.3 Å². The van der Waals surface area contributed by atoms with E-state index in [4.69, 9.17) is 4.98 Å². The molecule has 3 aliphatic rings. The fraction of sp³-hybridized carbons (Fsp3) is 0.769. The number of hydrogen-bond acceptors (Lipinski definition) is 3. The first-order valence-corrected chi connectivity index (χ1v) is 7.46. The minimum absolute atomic E-state index is 0.600. The van der Waals surface area contributed by atoms with Gasteiger partial charge in [-0.05, 0) is 50.9 Å². The summed E-state index contributed by atoms with van der Waals surface area (Å²) in [6, 6.07) is 1.41. The van der Waals surface area contributed by atoms with E-state index in [9.17, 15) is 0 Å². The first-order valence-electron chi connectivity index (χ1n) is 6.64. The van der Waals surface area contributed by atoms with Gasteiger partial charge in [0.2, 0.25) is 0 Å². The molecular weight excluding hydrogens is 216 g/mol. The zero-order valence-corrected chi connectivity index (χ0v) is 10.4. The zero-order valence-electron chi connectivity index (χ0n) is 9.54. The third-order valence-electron chi connectivity index (χ3n) is 3.96. The number of nitrogens with zero attached hydrogens (tertiary/aromatic N) is 1. The summed E-state index contributed by atoms with van der Waals surface area (Å²) in [5, 5.41) is 5.21. The number of thiazole rings is 1. The largest absolute Gasteiger partial charge is 0.305 e. The number of fused-ring (bicyclic) bond motifs is 1. The van der Waals surface area contributed by atoms with Gasteiger partial charge in [-0.25, -0.2) is 4.98 Å². The Labute approximate surface area is 100 Å². The highest BCUT2D eigenvalue weighted by atomic mass is 32.1. The van der Waals surface area contributed by atoms with Crippen molar-refractivity contribution in [3.63, 3.8) is 0 Å². The molecule has 0 radical (unpaired) electrons. The van der Waals surface area contributed by atoms with Gasteiger partial charge in [0.1, 0.15) is 5.01 Å². The number of nitrogens with one attached hydrogen (secondary N) is 1. The Kier molecular flexibility index (Phi) is 2.12. The second-order valence-corrected chi connectivity index (χ2v) is 6.65. The number of aromatic nitrogens is 1. The van der Waals surface area contributed by atoms with E-state index in [-0.39, 0.29) is 0 Å². The van der Waals surface area contributed by atoms with Crippen molar-refractivity contribution in [2.75, 3.05) is 0 Å². The lowest BCUT2D eigenvalue weighted by molar-refractivity contribution is 0.475. The van der Waals surface area contributed by atoms with Crippen LogP contribution in [0.3, 0.4) is 0 Å². The Morgan fingerprint density at radius 1 is 1.19 bits per heavy atom. The van der Waals surface area contributed by atoms with E-state index in [2.05, 4.69) is 5.32 Å². The van der Waals surface area contributed by atoms with Crippen LogP contribution in [0.4, 0.5) is 0 Å². The van der Waals surface area contributed by atoms with E-state index in [0.29, 0.717) is 6.04 Å². The van der Waals surface area contributed by atoms with Crippen molar-refractivity contribution in [1.82, 2.24) is 10.3 Å². The SMILES string of the molecule is C1Cc2nc(C(NC3CC3)C3CC3)sc2C1. The van der Waals surface area contributed by atoms with Gasteiger partial charge in [0.15, 0.2) is 0 Å². The number of aryl methyl sites for hydroxylation is 2. The molecule has 0 saturated heterocycles. The van der Waals surface area contributed by atoms with Crippen molar-refractivity contribution in [3.8, 4) is 0 Å². The van der Waals surface area contributed by atoms with E-state index in [1.807, 2.05) is 11.3 Å². The van der Waals surface area contributed by atoms with E-state index >= 15 is 0 Å². The molecule has 0 amide bonds. The van der Waals surface area contributed by atoms with Crippen LogP contribution in [0, 0.1) is 5.92 Å². The van der Waals surface area contributed by atoms with E-state index < -0.39 is 0 Å². The average molecular weight is 234 g/mol. The summed E-state index contributed by atoms with van der Waals surface area (Å²) < 4.78 is 0. The van der Waals surface area contributed by atoms with Gasteiger partial charge in [-0.2, -0.15) is 0 Å². The Morgan fingerprint density at radius 3 is 2.75 bits per heavy atom. The van der Waals surface area contributed by atoms with Gasteiger partial charge < -0.3 is 5.32 Å². The van der Waals surface area contributed by atoms with Gasteiger partial charge in [0, 0.05) is 10.9 Å². The summed E-state index contributed by atoms with van der Waals surface area (Å²) in [4.78, 5) is 6.47. The first-order chi connectivity index (χ1) is 7.90. The molecule has 16 heavy (non-hydrogen) atoms. The van der Waals surface area contributed by atoms with Gasteiger partial charge in [-0.3, -0.25) is 0 Å². The number of hydrogen-bond donors (Lipinski definition) is 1. The molecule has 2 saturated carbocycles. The highest BCUT2D eigenvalue weighted by Crippen LogP contribution is 2.44. The quantitative estimate of drug-likeness (QED) is 0.866. The van der Waals surface area contributed by atoms with Crippen molar-refractivity contribution in [2.45, 2.75) is 57.0 Å². The Bertz CT molecular complexity index is 383. The maximum absolute atomic E-state index is 4.89. The lowest BCUT2D eigenvalue weighted by Crippen LogP contribution is -2.25. The smallest absolute Gasteiger partial charge is 0.110 e. The van der Waals surface area contributed by atoms with Crippen molar-refractivity contribution in [1.29, 1.82) is 0 Å². The zero-order chi connectivity index (χ0) is 10.5. The highest BCUT2D eigenvalue weighted by Gasteiger charge is 2.38. The lowest BCUT2D eigenvalue weighted by Gasteiger charge is -2.15. The highest BCUT2D eigenvalue weighted by molar-refractivity contribution is 7.11. The van der Waals surface area contributed by atoms with Crippen molar-refractivity contribution >= 4 is 11.3 Å². The van der Waals surface area contributed by atoms with Crippen LogP contribution in [0.1, 0.15) is 53.7 Å². The van der Waals surface area contributed by atoms with Gasteiger partial charge in [-0.1, -0.05) is 0 Å². The molecule has 1 atom stereocenters. The van der Waals surface area contributed by atoms with Crippen LogP contribution in [0.25, 0.3) is 0 Å². The second kappa shape index (κ2) is 3.54. The van der Waals surface area contributed by atoms with Crippen molar-refractivity contribution in [3.05, 3.63) is 15.6 Å². The van der Waals surface area contributed by atoms with E-state index in [0.717, 1.165) is 12.0 Å². The topological polar surface area (TPSA) is 24.9 Å². The molecule has 4 rings (SSSR count). The fourth-order valence-electron chi connectivity index (χ4n) is 2.69. The molecule has 1 heterocycles. The van der Waals surface area contributed by atoms with Crippen LogP contribution in [0.15, 0.2) is 0 Å². The normalized spacial score (nSPS) is 25.8. The van der Waals surface area contributed by atoms with Gasteiger partial charge in [-0.15, -0.1) is 11.3 Å². The molecule has 2 nitrogen and oxygen atoms in total. The molecule has 0 bridgehead atoms. The molecule has 3 aliphatic carbocycles. The summed E-state index contributed by atoms with van der Waals surface area (Å²) in [5.41, 5.74) is 1.42. The van der Waals surface area contributed by atoms with Gasteiger partial charge >= 0.3 is 0 Å². The third kappa shape index (κ3) is 1.70. The Balaban J connectivity index is 1.59. The molecule has 1 aromatic rings. The molecule has 1 N–H and O–H groups in total. The third-order valence-corrected chi connectivity index (χ3v) is 5.20. The Morgan fingerprint density at radius 2 is 2.06 bits per heavy atom. The molecule has 0 aliphatic heterocycles. The maximum Gasteiger partial charge on any atom is 0.110 e. The van der Waals surface area contributed by atoms with Crippen LogP contribution < -0.4 is 5.32 Å². The summed E-state index contributed by atoms with van der Waals surface area (Å²) >= 11 is 1.99. The molecule has 1 aromatic heterocycles. The summed E-state index contributed by atoms with van der Waals surface area (Å²) in [6.45, 7) is 0. The molecule has 1 unspecified atom stereocenters. The molecule has 0 spiro atoms. The van der Waals surface area contributed by atoms with E-state index in [1.165, 1.54) is 55.6 Å². The van der Waals surface area contributed by atoms with Crippen LogP contribution in [-0.4, -0.2) is 11.0 Å². The van der Waals surface area contributed by atoms with Crippen molar-refractivity contribution < 1.29 is 0 Å². The molecular formula is C13H18N2S. The van der Waals surface area contributed by atoms with Gasteiger partial charge in [0.05, 0.1) is 11.7 Å². The maximum atomic E-state index is 4.89. The minimum Gasteiger partial charge on any atom is -0.305 e. The Hall–Kier alpha value is -0.410. The summed E-state index contributed by atoms with van der Waals surface area (Å²) in [5.74, 6) is 0.895. The monoisotopic (exact) mass is 234 g/mol. The fourth-order valence-corrected chi connectivity index (χ4v) is 3.99. The van der Waals surface area contributed by atoms with Gasteiger partial charge in [0.25, 0.3) is 0 Å².